The fourth-order valence-corrected chi connectivity index (χ4v) is 2.97. The molecule has 4 rings (SSSR count). The van der Waals surface area contributed by atoms with Crippen LogP contribution in [0.1, 0.15) is 16.7 Å². The van der Waals surface area contributed by atoms with Crippen molar-refractivity contribution in [2.45, 2.75) is 6.92 Å². The van der Waals surface area contributed by atoms with E-state index < -0.39 is 11.6 Å². The number of hydrogen-bond acceptors (Lipinski definition) is 5. The maximum absolute atomic E-state index is 12.3. The van der Waals surface area contributed by atoms with Crippen LogP contribution in [0.3, 0.4) is 0 Å². The molecule has 3 aromatic rings. The quantitative estimate of drug-likeness (QED) is 0.400. The van der Waals surface area contributed by atoms with Gasteiger partial charge in [0.1, 0.15) is 17.1 Å². The Kier molecular flexibility index (Phi) is 4.12. The molecule has 0 amide bonds. The van der Waals surface area contributed by atoms with Crippen LogP contribution in [-0.2, 0) is 9.53 Å². The lowest BCUT2D eigenvalue weighted by Gasteiger charge is -2.03. The fourth-order valence-electron chi connectivity index (χ4n) is 2.97. The Morgan fingerprint density at radius 3 is 2.52 bits per heavy atom. The highest BCUT2D eigenvalue weighted by molar-refractivity contribution is 6.06. The number of ether oxygens (including phenoxy) is 2. The van der Waals surface area contributed by atoms with Crippen molar-refractivity contribution in [1.82, 2.24) is 0 Å². The normalized spacial score (nSPS) is 15.1. The average Bonchev–Trinajstić information content (AvgIpc) is 3.03. The molecule has 0 unspecified atom stereocenters. The smallest absolute Gasteiger partial charge is 0.343 e. The molecule has 5 heteroatoms. The van der Waals surface area contributed by atoms with Crippen LogP contribution in [-0.4, -0.2) is 13.1 Å². The van der Waals surface area contributed by atoms with Crippen LogP contribution in [0.15, 0.2) is 69.4 Å². The first-order valence-electron chi connectivity index (χ1n) is 8.38. The van der Waals surface area contributed by atoms with Gasteiger partial charge in [-0.2, -0.15) is 0 Å². The fraction of sp³-hybridized carbons (Fsp3) is 0.0909. The van der Waals surface area contributed by atoms with E-state index in [0.29, 0.717) is 22.5 Å². The molecule has 0 N–H and O–H groups in total. The van der Waals surface area contributed by atoms with Crippen LogP contribution in [0.25, 0.3) is 22.8 Å². The Bertz CT molecular complexity index is 1160. The number of benzene rings is 2. The van der Waals surface area contributed by atoms with Gasteiger partial charge in [-0.15, -0.1) is 0 Å². The molecule has 0 saturated carbocycles. The van der Waals surface area contributed by atoms with Crippen molar-refractivity contribution in [3.8, 4) is 5.75 Å². The summed E-state index contributed by atoms with van der Waals surface area (Å²) in [5.74, 6) is 0.713. The molecule has 0 radical (unpaired) electrons. The van der Waals surface area contributed by atoms with Crippen molar-refractivity contribution < 1.29 is 18.7 Å². The van der Waals surface area contributed by atoms with Gasteiger partial charge in [-0.25, -0.2) is 9.59 Å². The highest BCUT2D eigenvalue weighted by Gasteiger charge is 2.22. The molecule has 1 aliphatic heterocycles. The number of carbonyl (C=O) groups is 1. The monoisotopic (exact) mass is 360 g/mol. The highest BCUT2D eigenvalue weighted by Crippen LogP contribution is 2.29. The first-order valence-corrected chi connectivity index (χ1v) is 8.38. The Balaban J connectivity index is 1.78. The zero-order valence-electron chi connectivity index (χ0n) is 14.8. The molecule has 1 aromatic heterocycles. The largest absolute Gasteiger partial charge is 0.497 e. The first-order chi connectivity index (χ1) is 13.0. The van der Waals surface area contributed by atoms with Gasteiger partial charge in [-0.1, -0.05) is 11.6 Å². The number of esters is 1. The van der Waals surface area contributed by atoms with E-state index >= 15 is 0 Å². The van der Waals surface area contributed by atoms with Gasteiger partial charge < -0.3 is 13.9 Å². The topological polar surface area (TPSA) is 65.7 Å². The van der Waals surface area contributed by atoms with Gasteiger partial charge >= 0.3 is 11.6 Å². The van der Waals surface area contributed by atoms with Gasteiger partial charge in [0.2, 0.25) is 0 Å². The van der Waals surface area contributed by atoms with E-state index in [1.54, 1.807) is 37.5 Å². The van der Waals surface area contributed by atoms with Crippen molar-refractivity contribution in [2.75, 3.05) is 7.11 Å². The van der Waals surface area contributed by atoms with E-state index in [-0.39, 0.29) is 0 Å². The summed E-state index contributed by atoms with van der Waals surface area (Å²) >= 11 is 0. The van der Waals surface area contributed by atoms with Gasteiger partial charge in [0.05, 0.1) is 12.7 Å². The van der Waals surface area contributed by atoms with Crippen LogP contribution in [0.4, 0.5) is 0 Å². The second kappa shape index (κ2) is 6.61. The number of rotatable bonds is 3. The molecule has 0 bridgehead atoms. The van der Waals surface area contributed by atoms with Crippen molar-refractivity contribution in [2.24, 2.45) is 0 Å². The van der Waals surface area contributed by atoms with E-state index in [0.717, 1.165) is 22.3 Å². The van der Waals surface area contributed by atoms with E-state index in [1.807, 2.05) is 31.2 Å². The molecule has 0 aliphatic carbocycles. The summed E-state index contributed by atoms with van der Waals surface area (Å²) in [6.07, 6.45) is 3.32. The second-order valence-corrected chi connectivity index (χ2v) is 6.25. The molecular weight excluding hydrogens is 344 g/mol. The van der Waals surface area contributed by atoms with Gasteiger partial charge in [0, 0.05) is 17.0 Å². The number of carbonyl (C=O) groups excluding carboxylic acids is 1. The van der Waals surface area contributed by atoms with E-state index in [1.165, 1.54) is 6.07 Å². The molecule has 2 heterocycles. The van der Waals surface area contributed by atoms with Crippen molar-refractivity contribution >= 4 is 28.8 Å². The molecule has 2 aromatic carbocycles. The van der Waals surface area contributed by atoms with Crippen LogP contribution in [0, 0.1) is 6.92 Å². The van der Waals surface area contributed by atoms with Crippen molar-refractivity contribution in [3.05, 3.63) is 87.3 Å². The molecule has 5 nitrogen and oxygen atoms in total. The molecule has 134 valence electrons. The van der Waals surface area contributed by atoms with Crippen molar-refractivity contribution in [1.29, 1.82) is 0 Å². The highest BCUT2D eigenvalue weighted by atomic mass is 16.5. The minimum absolute atomic E-state index is 0.370. The summed E-state index contributed by atoms with van der Waals surface area (Å²) < 4.78 is 15.8. The second-order valence-electron chi connectivity index (χ2n) is 6.25. The van der Waals surface area contributed by atoms with E-state index in [2.05, 4.69) is 0 Å². The van der Waals surface area contributed by atoms with Crippen LogP contribution >= 0.6 is 0 Å². The zero-order chi connectivity index (χ0) is 19.0. The number of hydrogen-bond donors (Lipinski definition) is 0. The Morgan fingerprint density at radius 1 is 1.00 bits per heavy atom. The molecule has 1 aliphatic rings. The molecule has 0 spiro atoms. The average molecular weight is 360 g/mol. The summed E-state index contributed by atoms with van der Waals surface area (Å²) in [6.45, 7) is 1.95. The van der Waals surface area contributed by atoms with Crippen molar-refractivity contribution in [3.63, 3.8) is 0 Å². The summed E-state index contributed by atoms with van der Waals surface area (Å²) in [6, 6.07) is 14.1. The minimum Gasteiger partial charge on any atom is -0.497 e. The lowest BCUT2D eigenvalue weighted by molar-refractivity contribution is -0.130. The van der Waals surface area contributed by atoms with Gasteiger partial charge in [0.15, 0.2) is 0 Å². The van der Waals surface area contributed by atoms with E-state index in [4.69, 9.17) is 13.9 Å². The third-order valence-corrected chi connectivity index (χ3v) is 4.34. The predicted molar refractivity (Wildman–Crippen MR) is 102 cm³/mol. The van der Waals surface area contributed by atoms with E-state index in [9.17, 15) is 9.59 Å². The standard InChI is InChI=1S/C22H16O5/c1-13-3-8-19-18(9-13)15(12-21(23)26-19)10-16-11-20(27-22(16)24)14-4-6-17(25-2)7-5-14/h3-12H,1-2H3/b16-10+. The molecule has 0 saturated heterocycles. The van der Waals surface area contributed by atoms with Gasteiger partial charge in [-0.3, -0.25) is 0 Å². The summed E-state index contributed by atoms with van der Waals surface area (Å²) in [7, 11) is 1.59. The van der Waals surface area contributed by atoms with Crippen LogP contribution < -0.4 is 10.4 Å². The summed E-state index contributed by atoms with van der Waals surface area (Å²) in [5.41, 5.74) is 2.79. The van der Waals surface area contributed by atoms with Crippen LogP contribution in [0.2, 0.25) is 0 Å². The summed E-state index contributed by atoms with van der Waals surface area (Å²) in [5, 5.41) is 0.765. The predicted octanol–water partition coefficient (Wildman–Crippen LogP) is 4.09. The summed E-state index contributed by atoms with van der Waals surface area (Å²) in [4.78, 5) is 24.2. The molecule has 0 atom stereocenters. The molecular formula is C22H16O5. The Labute approximate surface area is 155 Å². The SMILES string of the molecule is COc1ccc(C2=C/C(=C\c3cc(=O)oc4ccc(C)cc34)C(=O)O2)cc1. The number of cyclic esters (lactones) is 1. The lowest BCUT2D eigenvalue weighted by Crippen LogP contribution is -2.00. The Morgan fingerprint density at radius 2 is 1.78 bits per heavy atom. The lowest BCUT2D eigenvalue weighted by atomic mass is 10.0. The maximum Gasteiger partial charge on any atom is 0.343 e. The number of fused-ring (bicyclic) bond motifs is 1. The van der Waals surface area contributed by atoms with Crippen LogP contribution in [0.5, 0.6) is 5.75 Å². The third-order valence-electron chi connectivity index (χ3n) is 4.34. The number of aryl methyl sites for hydroxylation is 1. The third kappa shape index (κ3) is 3.27. The maximum atomic E-state index is 12.3. The molecule has 0 fully saturated rings. The van der Waals surface area contributed by atoms with Gasteiger partial charge in [0.25, 0.3) is 0 Å². The minimum atomic E-state index is -0.469. The Hall–Kier alpha value is -3.60. The number of methoxy groups -OCH3 is 1. The first kappa shape index (κ1) is 16.8. The molecule has 27 heavy (non-hydrogen) atoms. The van der Waals surface area contributed by atoms with Gasteiger partial charge in [-0.05, 0) is 61.0 Å². The zero-order valence-corrected chi connectivity index (χ0v) is 14.8.